The van der Waals surface area contributed by atoms with Crippen molar-refractivity contribution < 1.29 is 9.53 Å². The molecular formula is C13H18N2O2. The maximum atomic E-state index is 11.5. The van der Waals surface area contributed by atoms with Gasteiger partial charge in [0.15, 0.2) is 0 Å². The molecule has 1 aromatic carbocycles. The lowest BCUT2D eigenvalue weighted by molar-refractivity contribution is -0.127. The molecule has 0 saturated heterocycles. The van der Waals surface area contributed by atoms with E-state index in [1.165, 1.54) is 0 Å². The van der Waals surface area contributed by atoms with E-state index >= 15 is 0 Å². The van der Waals surface area contributed by atoms with Crippen molar-refractivity contribution in [1.82, 2.24) is 5.32 Å². The molecular weight excluding hydrogens is 216 g/mol. The van der Waals surface area contributed by atoms with E-state index in [4.69, 9.17) is 10.5 Å². The molecule has 2 rings (SSSR count). The summed E-state index contributed by atoms with van der Waals surface area (Å²) < 4.78 is 5.33. The maximum absolute atomic E-state index is 11.5. The van der Waals surface area contributed by atoms with Crippen molar-refractivity contribution in [3.05, 3.63) is 35.9 Å². The summed E-state index contributed by atoms with van der Waals surface area (Å²) in [6, 6.07) is 10.1. The molecule has 17 heavy (non-hydrogen) atoms. The number of hydrogen-bond donors (Lipinski definition) is 2. The third kappa shape index (κ3) is 3.54. The van der Waals surface area contributed by atoms with Crippen molar-refractivity contribution >= 4 is 5.91 Å². The van der Waals surface area contributed by atoms with E-state index in [1.807, 2.05) is 30.3 Å². The van der Waals surface area contributed by atoms with Crippen LogP contribution in [0.4, 0.5) is 0 Å². The van der Waals surface area contributed by atoms with Crippen LogP contribution in [0.3, 0.4) is 0 Å². The number of amides is 1. The van der Waals surface area contributed by atoms with Crippen LogP contribution in [0, 0.1) is 0 Å². The molecule has 1 aromatic rings. The van der Waals surface area contributed by atoms with E-state index in [9.17, 15) is 4.79 Å². The van der Waals surface area contributed by atoms with Crippen LogP contribution in [0.5, 0.6) is 0 Å². The van der Waals surface area contributed by atoms with Gasteiger partial charge in [-0.25, -0.2) is 0 Å². The smallest absolute Gasteiger partial charge is 0.246 e. The number of rotatable bonds is 5. The predicted octanol–water partition coefficient (Wildman–Crippen LogP) is 0.809. The minimum Gasteiger partial charge on any atom is -0.367 e. The maximum Gasteiger partial charge on any atom is 0.246 e. The molecule has 1 fully saturated rings. The Morgan fingerprint density at radius 2 is 2.12 bits per heavy atom. The van der Waals surface area contributed by atoms with Gasteiger partial charge in [0.25, 0.3) is 0 Å². The highest BCUT2D eigenvalue weighted by molar-refractivity contribution is 5.77. The van der Waals surface area contributed by atoms with Gasteiger partial charge in [0, 0.05) is 12.1 Å². The molecule has 1 aliphatic carbocycles. The van der Waals surface area contributed by atoms with Crippen LogP contribution in [0.2, 0.25) is 0 Å². The van der Waals surface area contributed by atoms with Crippen LogP contribution in [-0.2, 0) is 16.1 Å². The first-order valence-electron chi connectivity index (χ1n) is 5.92. The summed E-state index contributed by atoms with van der Waals surface area (Å²) in [6.45, 7) is 0.559. The number of hydrogen-bond acceptors (Lipinski definition) is 3. The first-order valence-corrected chi connectivity index (χ1v) is 5.92. The lowest BCUT2D eigenvalue weighted by Gasteiger charge is -2.34. The topological polar surface area (TPSA) is 64.3 Å². The largest absolute Gasteiger partial charge is 0.367 e. The average Bonchev–Trinajstić information content (AvgIpc) is 2.35. The Labute approximate surface area is 101 Å². The lowest BCUT2D eigenvalue weighted by Crippen LogP contribution is -2.55. The number of nitrogens with two attached hydrogens (primary N) is 1. The highest BCUT2D eigenvalue weighted by atomic mass is 16.5. The van der Waals surface area contributed by atoms with Gasteiger partial charge in [0.2, 0.25) is 5.91 Å². The van der Waals surface area contributed by atoms with Gasteiger partial charge in [-0.3, -0.25) is 4.79 Å². The van der Waals surface area contributed by atoms with E-state index in [0.717, 1.165) is 18.4 Å². The Hall–Kier alpha value is -1.39. The monoisotopic (exact) mass is 234 g/mol. The summed E-state index contributed by atoms with van der Waals surface area (Å²) >= 11 is 0. The van der Waals surface area contributed by atoms with Crippen molar-refractivity contribution in [2.45, 2.75) is 31.5 Å². The van der Waals surface area contributed by atoms with E-state index in [2.05, 4.69) is 5.32 Å². The molecule has 2 unspecified atom stereocenters. The fourth-order valence-electron chi connectivity index (χ4n) is 1.79. The highest BCUT2D eigenvalue weighted by Gasteiger charge is 2.28. The fourth-order valence-corrected chi connectivity index (χ4v) is 1.79. The second-order valence-corrected chi connectivity index (χ2v) is 4.39. The minimum atomic E-state index is -0.0823. The molecule has 0 bridgehead atoms. The highest BCUT2D eigenvalue weighted by Crippen LogP contribution is 2.16. The summed E-state index contributed by atoms with van der Waals surface area (Å²) in [4.78, 5) is 11.5. The summed E-state index contributed by atoms with van der Waals surface area (Å²) in [7, 11) is 0. The standard InChI is InChI=1S/C13H18N2O2/c14-11-6-7-12(11)15-13(16)9-17-8-10-4-2-1-3-5-10/h1-5,11-12H,6-9,14H2,(H,15,16). The van der Waals surface area contributed by atoms with Crippen molar-refractivity contribution in [2.24, 2.45) is 5.73 Å². The molecule has 0 radical (unpaired) electrons. The van der Waals surface area contributed by atoms with Crippen LogP contribution in [0.1, 0.15) is 18.4 Å². The van der Waals surface area contributed by atoms with E-state index in [1.54, 1.807) is 0 Å². The van der Waals surface area contributed by atoms with Crippen molar-refractivity contribution in [3.63, 3.8) is 0 Å². The van der Waals surface area contributed by atoms with Gasteiger partial charge >= 0.3 is 0 Å². The second kappa shape index (κ2) is 5.80. The number of carbonyl (C=O) groups is 1. The first-order chi connectivity index (χ1) is 8.25. The average molecular weight is 234 g/mol. The van der Waals surface area contributed by atoms with Crippen molar-refractivity contribution in [2.75, 3.05) is 6.61 Å². The number of ether oxygens (including phenoxy) is 1. The fraction of sp³-hybridized carbons (Fsp3) is 0.462. The summed E-state index contributed by atoms with van der Waals surface area (Å²) in [5.41, 5.74) is 6.81. The Bertz CT molecular complexity index is 367. The van der Waals surface area contributed by atoms with Crippen molar-refractivity contribution in [1.29, 1.82) is 0 Å². The zero-order chi connectivity index (χ0) is 12.1. The van der Waals surface area contributed by atoms with Gasteiger partial charge in [-0.1, -0.05) is 30.3 Å². The number of nitrogens with one attached hydrogen (secondary N) is 1. The van der Waals surface area contributed by atoms with Gasteiger partial charge in [-0.2, -0.15) is 0 Å². The molecule has 0 aromatic heterocycles. The van der Waals surface area contributed by atoms with E-state index in [-0.39, 0.29) is 24.6 Å². The Morgan fingerprint density at radius 1 is 1.35 bits per heavy atom. The van der Waals surface area contributed by atoms with Gasteiger partial charge < -0.3 is 15.8 Å². The minimum absolute atomic E-state index is 0.0823. The summed E-state index contributed by atoms with van der Waals surface area (Å²) in [5, 5.41) is 2.86. The van der Waals surface area contributed by atoms with Gasteiger partial charge in [0.1, 0.15) is 6.61 Å². The SMILES string of the molecule is NC1CCC1NC(=O)COCc1ccccc1. The number of benzene rings is 1. The summed E-state index contributed by atoms with van der Waals surface area (Å²) in [5.74, 6) is -0.0823. The Morgan fingerprint density at radius 3 is 2.71 bits per heavy atom. The molecule has 0 aliphatic heterocycles. The normalized spacial score (nSPS) is 22.9. The molecule has 1 saturated carbocycles. The first kappa shape index (κ1) is 12.1. The van der Waals surface area contributed by atoms with Crippen LogP contribution in [0.25, 0.3) is 0 Å². The van der Waals surface area contributed by atoms with Crippen LogP contribution >= 0.6 is 0 Å². The van der Waals surface area contributed by atoms with Gasteiger partial charge in [0.05, 0.1) is 6.61 Å². The van der Waals surface area contributed by atoms with Gasteiger partial charge in [-0.05, 0) is 18.4 Å². The molecule has 0 heterocycles. The quantitative estimate of drug-likeness (QED) is 0.792. The molecule has 0 spiro atoms. The third-order valence-corrected chi connectivity index (χ3v) is 3.02. The Kier molecular flexibility index (Phi) is 4.12. The van der Waals surface area contributed by atoms with Crippen LogP contribution in [-0.4, -0.2) is 24.6 Å². The van der Waals surface area contributed by atoms with Crippen molar-refractivity contribution in [3.8, 4) is 0 Å². The molecule has 1 amide bonds. The predicted molar refractivity (Wildman–Crippen MR) is 65.2 cm³/mol. The van der Waals surface area contributed by atoms with E-state index < -0.39 is 0 Å². The Balaban J connectivity index is 1.63. The van der Waals surface area contributed by atoms with Crippen LogP contribution in [0.15, 0.2) is 30.3 Å². The molecule has 4 heteroatoms. The third-order valence-electron chi connectivity index (χ3n) is 3.02. The zero-order valence-electron chi connectivity index (χ0n) is 9.76. The lowest BCUT2D eigenvalue weighted by atomic mass is 9.87. The second-order valence-electron chi connectivity index (χ2n) is 4.39. The summed E-state index contributed by atoms with van der Waals surface area (Å²) in [6.07, 6.45) is 1.97. The van der Waals surface area contributed by atoms with Gasteiger partial charge in [-0.15, -0.1) is 0 Å². The van der Waals surface area contributed by atoms with Crippen LogP contribution < -0.4 is 11.1 Å². The molecule has 92 valence electrons. The molecule has 3 N–H and O–H groups in total. The molecule has 4 nitrogen and oxygen atoms in total. The molecule has 2 atom stereocenters. The zero-order valence-corrected chi connectivity index (χ0v) is 9.76. The number of carbonyl (C=O) groups excluding carboxylic acids is 1. The molecule has 1 aliphatic rings. The van der Waals surface area contributed by atoms with E-state index in [0.29, 0.717) is 6.61 Å².